The molecule has 0 saturated carbocycles. The van der Waals surface area contributed by atoms with Gasteiger partial charge in [0.05, 0.1) is 69.4 Å². The van der Waals surface area contributed by atoms with Crippen molar-refractivity contribution in [2.24, 2.45) is 0 Å². The van der Waals surface area contributed by atoms with E-state index < -0.39 is 30.1 Å². The van der Waals surface area contributed by atoms with Crippen LogP contribution in [0.5, 0.6) is 0 Å². The number of ether oxygens (including phenoxy) is 4. The number of sulfonamides is 3. The van der Waals surface area contributed by atoms with Crippen molar-refractivity contribution < 1.29 is 44.2 Å². The van der Waals surface area contributed by atoms with Crippen molar-refractivity contribution in [1.29, 1.82) is 0 Å². The van der Waals surface area contributed by atoms with Gasteiger partial charge in [-0.3, -0.25) is 14.2 Å². The molecule has 4 aliphatic rings. The van der Waals surface area contributed by atoms with E-state index in [-0.39, 0.29) is 48.0 Å². The first-order valence-corrected chi connectivity index (χ1v) is 40.1. The van der Waals surface area contributed by atoms with Crippen LogP contribution in [0, 0.1) is 27.7 Å². The number of nitrogens with two attached hydrogens (primary N) is 5. The summed E-state index contributed by atoms with van der Waals surface area (Å²) in [7, 11) is -10.1. The highest BCUT2D eigenvalue weighted by atomic mass is 35.5. The van der Waals surface area contributed by atoms with E-state index >= 15 is 0 Å². The number of halogens is 4. The van der Waals surface area contributed by atoms with Crippen LogP contribution in [0.1, 0.15) is 94.9 Å². The van der Waals surface area contributed by atoms with Gasteiger partial charge >= 0.3 is 0 Å². The third-order valence-corrected chi connectivity index (χ3v) is 19.5. The summed E-state index contributed by atoms with van der Waals surface area (Å²) in [6, 6.07) is 27.8. The zero-order valence-corrected chi connectivity index (χ0v) is 63.9. The molecule has 4 aromatic heterocycles. The summed E-state index contributed by atoms with van der Waals surface area (Å²) in [5, 5.41) is 1.97. The summed E-state index contributed by atoms with van der Waals surface area (Å²) in [4.78, 5) is 42.5. The molecule has 30 nitrogen and oxygen atoms in total. The van der Waals surface area contributed by atoms with Crippen molar-refractivity contribution >= 4 is 146 Å². The molecule has 13 N–H and O–H groups in total. The standard InChI is InChI=1S/3C17H22ClN5O3S.C16H20ClN5O/c3*1-11-8-16(21-17(19)20-11)23-6-3-7-26-10-15(23)13-5-4-12(9-14(13)18)22-27(2,24)25;1-10-7-15(21-16(19)20-10)22-5-2-6-23-9-14(22)12-4-3-11(18)8-13(12)17/h3*4-5,8-9,15,22H,3,6-7,10H2,1-2H3,(H2,19,20,21);3-4,7-8,14H,2,5-6,9,18H2,1H3,(H2,19,20,21)/t2*15-;;/m10../s1. The van der Waals surface area contributed by atoms with Crippen molar-refractivity contribution in [1.82, 2.24) is 39.9 Å². The lowest BCUT2D eigenvalue weighted by molar-refractivity contribution is 0.134. The Morgan fingerprint density at radius 1 is 0.356 bits per heavy atom. The average molecular weight is 1570 g/mol. The molecule has 104 heavy (non-hydrogen) atoms. The van der Waals surface area contributed by atoms with Crippen LogP contribution in [0.4, 0.5) is 69.8 Å². The topological polar surface area (TPSA) is 422 Å². The first-order chi connectivity index (χ1) is 49.2. The number of nitrogens with zero attached hydrogens (tertiary/aromatic N) is 12. The van der Waals surface area contributed by atoms with Gasteiger partial charge in [-0.25, -0.2) is 45.2 Å². The Morgan fingerprint density at radius 2 is 0.587 bits per heavy atom. The van der Waals surface area contributed by atoms with Crippen molar-refractivity contribution in [3.8, 4) is 0 Å². The Morgan fingerprint density at radius 3 is 0.798 bits per heavy atom. The van der Waals surface area contributed by atoms with E-state index in [4.69, 9.17) is 94.0 Å². The Hall–Kier alpha value is -8.35. The second-order valence-electron chi connectivity index (χ2n) is 25.1. The van der Waals surface area contributed by atoms with Crippen LogP contribution in [0.15, 0.2) is 97.1 Å². The van der Waals surface area contributed by atoms with Crippen LogP contribution in [-0.2, 0) is 49.0 Å². The molecule has 8 heterocycles. The molecule has 4 aliphatic heterocycles. The van der Waals surface area contributed by atoms with E-state index in [0.29, 0.717) is 113 Å². The SMILES string of the molecule is Cc1cc(N2CCCOCC2c2ccc(N)cc2Cl)nc(N)n1.Cc1cc(N2CCCOCC2c2ccc(NS(C)(=O)=O)cc2Cl)nc(N)n1.Cc1cc(N2CCCOC[C@@H]2c2ccc(NS(C)(=O)=O)cc2Cl)nc(N)n1.Cc1cc(N2CCCOC[C@H]2c2ccc(NS(C)(=O)=O)cc2Cl)nc(N)n1. The van der Waals surface area contributed by atoms with Gasteiger partial charge in [-0.05, 0) is 124 Å². The summed E-state index contributed by atoms with van der Waals surface area (Å²) in [6.45, 7) is 14.9. The molecule has 4 saturated heterocycles. The van der Waals surface area contributed by atoms with Gasteiger partial charge in [-0.2, -0.15) is 19.9 Å². The lowest BCUT2D eigenvalue weighted by atomic mass is 10.0. The highest BCUT2D eigenvalue weighted by molar-refractivity contribution is 7.92. The van der Waals surface area contributed by atoms with Gasteiger partial charge < -0.3 is 67.2 Å². The summed E-state index contributed by atoms with van der Waals surface area (Å²) < 4.78 is 98.9. The van der Waals surface area contributed by atoms with Gasteiger partial charge in [0, 0.05) is 142 Å². The molecule has 4 atom stereocenters. The lowest BCUT2D eigenvalue weighted by Gasteiger charge is -2.31. The monoisotopic (exact) mass is 1570 g/mol. The van der Waals surface area contributed by atoms with Gasteiger partial charge in [-0.1, -0.05) is 70.7 Å². The first kappa shape index (κ1) is 79.8. The molecule has 0 aliphatic carbocycles. The zero-order chi connectivity index (χ0) is 75.2. The Labute approximate surface area is 626 Å². The number of nitrogens with one attached hydrogen (secondary N) is 3. The van der Waals surface area contributed by atoms with Gasteiger partial charge in [0.1, 0.15) is 23.3 Å². The van der Waals surface area contributed by atoms with Crippen LogP contribution in [-0.4, -0.2) is 163 Å². The summed E-state index contributed by atoms with van der Waals surface area (Å²) in [5.74, 6) is 3.85. The molecule has 0 spiro atoms. The Kier molecular flexibility index (Phi) is 27.3. The molecular formula is C67H86Cl4N20O10S3. The fraction of sp³-hybridized carbons (Fsp3) is 0.403. The van der Waals surface area contributed by atoms with Crippen molar-refractivity contribution in [3.05, 3.63) is 162 Å². The van der Waals surface area contributed by atoms with Crippen LogP contribution < -0.4 is 62.4 Å². The number of aromatic nitrogens is 8. The highest BCUT2D eigenvalue weighted by Gasteiger charge is 2.32. The summed E-state index contributed by atoms with van der Waals surface area (Å²) in [6.07, 6.45) is 6.71. The first-order valence-electron chi connectivity index (χ1n) is 32.9. The van der Waals surface area contributed by atoms with Crippen LogP contribution in [0.25, 0.3) is 0 Å². The second kappa shape index (κ2) is 35.6. The van der Waals surface area contributed by atoms with Crippen LogP contribution in [0.2, 0.25) is 20.1 Å². The third-order valence-electron chi connectivity index (χ3n) is 16.3. The summed E-state index contributed by atoms with van der Waals surface area (Å²) in [5.41, 5.74) is 37.6. The van der Waals surface area contributed by atoms with E-state index in [1.54, 1.807) is 60.7 Å². The minimum absolute atomic E-state index is 0.0423. The van der Waals surface area contributed by atoms with E-state index in [0.717, 1.165) is 121 Å². The molecule has 12 rings (SSSR count). The van der Waals surface area contributed by atoms with E-state index in [2.05, 4.69) is 73.6 Å². The third kappa shape index (κ3) is 23.1. The maximum atomic E-state index is 11.4. The molecular weight excluding hydrogens is 1480 g/mol. The van der Waals surface area contributed by atoms with Crippen LogP contribution >= 0.6 is 46.4 Å². The van der Waals surface area contributed by atoms with Crippen LogP contribution in [0.3, 0.4) is 0 Å². The van der Waals surface area contributed by atoms with E-state index in [1.807, 2.05) is 64.1 Å². The second-order valence-corrected chi connectivity index (χ2v) is 31.9. The maximum absolute atomic E-state index is 11.4. The number of hydrogen-bond donors (Lipinski definition) is 8. The molecule has 4 fully saturated rings. The fourth-order valence-electron chi connectivity index (χ4n) is 12.2. The quantitative estimate of drug-likeness (QED) is 0.0469. The number of aryl methyl sites for hydroxylation is 4. The number of hydrogen-bond acceptors (Lipinski definition) is 27. The smallest absolute Gasteiger partial charge is 0.229 e. The summed E-state index contributed by atoms with van der Waals surface area (Å²) >= 11 is 25.9. The van der Waals surface area contributed by atoms with Gasteiger partial charge in [0.2, 0.25) is 53.9 Å². The largest absolute Gasteiger partial charge is 0.399 e. The number of benzene rings is 4. The molecule has 0 amide bonds. The minimum Gasteiger partial charge on any atom is -0.399 e. The number of nitrogen functional groups attached to an aromatic ring is 5. The van der Waals surface area contributed by atoms with Gasteiger partial charge in [0.25, 0.3) is 0 Å². The van der Waals surface area contributed by atoms with E-state index in [9.17, 15) is 25.3 Å². The van der Waals surface area contributed by atoms with E-state index in [1.165, 1.54) is 0 Å². The van der Waals surface area contributed by atoms with Gasteiger partial charge in [0.15, 0.2) is 0 Å². The zero-order valence-electron chi connectivity index (χ0n) is 58.4. The Balaban J connectivity index is 0.000000161. The molecule has 37 heteroatoms. The predicted octanol–water partition coefficient (Wildman–Crippen LogP) is 9.65. The fourth-order valence-corrected chi connectivity index (χ4v) is 15.1. The maximum Gasteiger partial charge on any atom is 0.229 e. The molecule has 560 valence electrons. The Bertz CT molecular complexity index is 4240. The number of anilines is 12. The molecule has 4 aromatic carbocycles. The highest BCUT2D eigenvalue weighted by Crippen LogP contribution is 2.40. The predicted molar refractivity (Wildman–Crippen MR) is 412 cm³/mol. The molecule has 2 unspecified atom stereocenters. The van der Waals surface area contributed by atoms with Crippen molar-refractivity contribution in [2.75, 3.05) is 160 Å². The van der Waals surface area contributed by atoms with Crippen molar-refractivity contribution in [2.45, 2.75) is 77.5 Å². The lowest BCUT2D eigenvalue weighted by Crippen LogP contribution is -2.32. The normalized spacial score (nSPS) is 18.3. The van der Waals surface area contributed by atoms with Gasteiger partial charge in [-0.15, -0.1) is 0 Å². The average Bonchev–Trinajstić information content (AvgIpc) is 1.27. The molecule has 8 aromatic rings. The molecule has 0 bridgehead atoms. The minimum atomic E-state index is -3.38. The number of rotatable bonds is 14. The van der Waals surface area contributed by atoms with Crippen molar-refractivity contribution in [3.63, 3.8) is 0 Å². The molecule has 0 radical (unpaired) electrons.